The van der Waals surface area contributed by atoms with Crippen molar-refractivity contribution in [1.29, 1.82) is 0 Å². The number of aliphatic hydroxyl groups is 1. The fourth-order valence-corrected chi connectivity index (χ4v) is 1.19. The van der Waals surface area contributed by atoms with Gasteiger partial charge in [0, 0.05) is 26.2 Å². The predicted octanol–water partition coefficient (Wildman–Crippen LogP) is -2.16. The van der Waals surface area contributed by atoms with Crippen molar-refractivity contribution in [1.82, 2.24) is 15.8 Å². The lowest BCUT2D eigenvalue weighted by Crippen LogP contribution is -2.56. The van der Waals surface area contributed by atoms with Crippen LogP contribution in [-0.2, 0) is 4.79 Å². The topological polar surface area (TPSA) is 84.8 Å². The van der Waals surface area contributed by atoms with Crippen LogP contribution in [-0.4, -0.2) is 60.0 Å². The van der Waals surface area contributed by atoms with Gasteiger partial charge in [-0.05, 0) is 0 Å². The standard InChI is InChI=1S/C7H15N3O3/c11-5-6(7(12)13)9-10-3-1-8-2-4-10/h6,8-9,11H,1-5H2,(H,12,13)/t6-/m0/s1. The number of aliphatic carboxylic acids is 1. The number of nitrogens with one attached hydrogen (secondary N) is 2. The summed E-state index contributed by atoms with van der Waals surface area (Å²) in [5.41, 5.74) is 2.75. The van der Waals surface area contributed by atoms with Crippen molar-refractivity contribution in [2.75, 3.05) is 32.8 Å². The van der Waals surface area contributed by atoms with Crippen LogP contribution in [0.3, 0.4) is 0 Å². The van der Waals surface area contributed by atoms with Gasteiger partial charge in [-0.25, -0.2) is 10.4 Å². The van der Waals surface area contributed by atoms with E-state index in [1.165, 1.54) is 0 Å². The monoisotopic (exact) mass is 189 g/mol. The summed E-state index contributed by atoms with van der Waals surface area (Å²) < 4.78 is 0. The smallest absolute Gasteiger partial charge is 0.324 e. The average Bonchev–Trinajstić information content (AvgIpc) is 2.15. The molecule has 1 aliphatic heterocycles. The zero-order valence-corrected chi connectivity index (χ0v) is 7.36. The highest BCUT2D eigenvalue weighted by Crippen LogP contribution is 1.90. The lowest BCUT2D eigenvalue weighted by Gasteiger charge is -2.29. The predicted molar refractivity (Wildman–Crippen MR) is 46.1 cm³/mol. The maximum atomic E-state index is 10.5. The van der Waals surface area contributed by atoms with Crippen molar-refractivity contribution in [3.8, 4) is 0 Å². The number of carboxylic acids is 1. The molecular weight excluding hydrogens is 174 g/mol. The van der Waals surface area contributed by atoms with Gasteiger partial charge in [0.1, 0.15) is 6.04 Å². The van der Waals surface area contributed by atoms with E-state index in [4.69, 9.17) is 10.2 Å². The van der Waals surface area contributed by atoms with E-state index in [1.54, 1.807) is 0 Å². The molecule has 0 aromatic rings. The average molecular weight is 189 g/mol. The summed E-state index contributed by atoms with van der Waals surface area (Å²) in [6, 6.07) is -0.891. The van der Waals surface area contributed by atoms with Crippen molar-refractivity contribution in [3.05, 3.63) is 0 Å². The van der Waals surface area contributed by atoms with E-state index in [-0.39, 0.29) is 6.61 Å². The SMILES string of the molecule is O=C(O)[C@H](CO)NN1CCNCC1. The van der Waals surface area contributed by atoms with Crippen molar-refractivity contribution in [3.63, 3.8) is 0 Å². The number of carbonyl (C=O) groups is 1. The Morgan fingerprint density at radius 1 is 1.54 bits per heavy atom. The van der Waals surface area contributed by atoms with Gasteiger partial charge in [0.15, 0.2) is 0 Å². The summed E-state index contributed by atoms with van der Waals surface area (Å²) in [4.78, 5) is 10.5. The molecule has 0 spiro atoms. The van der Waals surface area contributed by atoms with Gasteiger partial charge in [-0.1, -0.05) is 0 Å². The summed E-state index contributed by atoms with van der Waals surface area (Å²) in [7, 11) is 0. The van der Waals surface area contributed by atoms with E-state index in [2.05, 4.69) is 10.7 Å². The first kappa shape index (κ1) is 10.4. The van der Waals surface area contributed by atoms with Crippen LogP contribution in [0.25, 0.3) is 0 Å². The van der Waals surface area contributed by atoms with Crippen LogP contribution in [0.4, 0.5) is 0 Å². The normalized spacial score (nSPS) is 21.3. The fourth-order valence-electron chi connectivity index (χ4n) is 1.19. The number of piperazine rings is 1. The van der Waals surface area contributed by atoms with Gasteiger partial charge in [0.25, 0.3) is 0 Å². The van der Waals surface area contributed by atoms with Gasteiger partial charge in [0.05, 0.1) is 6.61 Å². The Kier molecular flexibility index (Phi) is 4.10. The maximum Gasteiger partial charge on any atom is 0.324 e. The minimum absolute atomic E-state index is 0.390. The third kappa shape index (κ3) is 3.27. The second-order valence-electron chi connectivity index (χ2n) is 2.94. The third-order valence-electron chi connectivity index (χ3n) is 1.94. The first-order valence-corrected chi connectivity index (χ1v) is 4.29. The van der Waals surface area contributed by atoms with Crippen LogP contribution in [0.1, 0.15) is 0 Å². The second-order valence-corrected chi connectivity index (χ2v) is 2.94. The highest BCUT2D eigenvalue weighted by Gasteiger charge is 2.19. The minimum Gasteiger partial charge on any atom is -0.480 e. The van der Waals surface area contributed by atoms with E-state index in [1.807, 2.05) is 5.01 Å². The number of aliphatic hydroxyl groups excluding tert-OH is 1. The molecule has 0 amide bonds. The number of hydrogen-bond acceptors (Lipinski definition) is 5. The summed E-state index contributed by atoms with van der Waals surface area (Å²) in [5.74, 6) is -1.03. The van der Waals surface area contributed by atoms with Gasteiger partial charge < -0.3 is 15.5 Å². The zero-order chi connectivity index (χ0) is 9.68. The molecule has 4 N–H and O–H groups in total. The van der Waals surface area contributed by atoms with Crippen molar-refractivity contribution >= 4 is 5.97 Å². The second kappa shape index (κ2) is 5.13. The Balaban J connectivity index is 2.31. The molecule has 0 bridgehead atoms. The fraction of sp³-hybridized carbons (Fsp3) is 0.857. The van der Waals surface area contributed by atoms with E-state index in [9.17, 15) is 4.79 Å². The van der Waals surface area contributed by atoms with E-state index >= 15 is 0 Å². The molecule has 0 saturated carbocycles. The number of hydrazine groups is 1. The summed E-state index contributed by atoms with van der Waals surface area (Å²) in [5, 5.41) is 22.3. The van der Waals surface area contributed by atoms with Crippen LogP contribution in [0.15, 0.2) is 0 Å². The van der Waals surface area contributed by atoms with Crippen LogP contribution >= 0.6 is 0 Å². The van der Waals surface area contributed by atoms with E-state index in [0.29, 0.717) is 0 Å². The molecule has 6 nitrogen and oxygen atoms in total. The Labute approximate surface area is 76.5 Å². The molecule has 0 aliphatic carbocycles. The van der Waals surface area contributed by atoms with Gasteiger partial charge >= 0.3 is 5.97 Å². The van der Waals surface area contributed by atoms with Gasteiger partial charge in [-0.3, -0.25) is 4.79 Å². The lowest BCUT2D eigenvalue weighted by molar-refractivity contribution is -0.142. The van der Waals surface area contributed by atoms with Crippen LogP contribution in [0.2, 0.25) is 0 Å². The van der Waals surface area contributed by atoms with Crippen molar-refractivity contribution < 1.29 is 15.0 Å². The number of nitrogens with zero attached hydrogens (tertiary/aromatic N) is 1. The van der Waals surface area contributed by atoms with Crippen molar-refractivity contribution in [2.24, 2.45) is 0 Å². The van der Waals surface area contributed by atoms with Gasteiger partial charge in [0.2, 0.25) is 0 Å². The van der Waals surface area contributed by atoms with Gasteiger partial charge in [-0.2, -0.15) is 0 Å². The van der Waals surface area contributed by atoms with Crippen molar-refractivity contribution in [2.45, 2.75) is 6.04 Å². The molecule has 1 fully saturated rings. The number of rotatable bonds is 4. The van der Waals surface area contributed by atoms with Crippen LogP contribution < -0.4 is 10.7 Å². The summed E-state index contributed by atoms with van der Waals surface area (Å²) in [6.45, 7) is 2.79. The number of hydrogen-bond donors (Lipinski definition) is 4. The molecule has 1 saturated heterocycles. The Hall–Kier alpha value is -0.690. The van der Waals surface area contributed by atoms with Crippen LogP contribution in [0.5, 0.6) is 0 Å². The molecule has 0 aromatic carbocycles. The summed E-state index contributed by atoms with van der Waals surface area (Å²) >= 11 is 0. The van der Waals surface area contributed by atoms with Gasteiger partial charge in [-0.15, -0.1) is 0 Å². The third-order valence-corrected chi connectivity index (χ3v) is 1.94. The van der Waals surface area contributed by atoms with E-state index < -0.39 is 12.0 Å². The zero-order valence-electron chi connectivity index (χ0n) is 7.36. The van der Waals surface area contributed by atoms with Crippen LogP contribution in [0, 0.1) is 0 Å². The molecule has 1 rings (SSSR count). The quantitative estimate of drug-likeness (QED) is 0.403. The first-order valence-electron chi connectivity index (χ1n) is 4.29. The summed E-state index contributed by atoms with van der Waals surface area (Å²) in [6.07, 6.45) is 0. The Bertz CT molecular complexity index is 170. The molecule has 6 heteroatoms. The molecule has 76 valence electrons. The van der Waals surface area contributed by atoms with E-state index in [0.717, 1.165) is 26.2 Å². The number of carboxylic acid groups (broad SMARTS) is 1. The molecule has 1 atom stereocenters. The molecule has 13 heavy (non-hydrogen) atoms. The molecule has 1 aliphatic rings. The largest absolute Gasteiger partial charge is 0.480 e. The molecule has 1 heterocycles. The molecular formula is C7H15N3O3. The molecule has 0 radical (unpaired) electrons. The Morgan fingerprint density at radius 3 is 2.62 bits per heavy atom. The Morgan fingerprint density at radius 2 is 2.15 bits per heavy atom. The molecule has 0 aromatic heterocycles. The lowest BCUT2D eigenvalue weighted by atomic mass is 10.3. The highest BCUT2D eigenvalue weighted by atomic mass is 16.4. The first-order chi connectivity index (χ1) is 6.24. The molecule has 0 unspecified atom stereocenters. The highest BCUT2D eigenvalue weighted by molar-refractivity contribution is 5.73. The minimum atomic E-state index is -1.03. The maximum absolute atomic E-state index is 10.5.